The molecule has 2 atom stereocenters. The maximum atomic E-state index is 13.2. The van der Waals surface area contributed by atoms with Crippen molar-refractivity contribution in [2.45, 2.75) is 18.5 Å². The van der Waals surface area contributed by atoms with Crippen LogP contribution in [0.3, 0.4) is 0 Å². The fourth-order valence-corrected chi connectivity index (χ4v) is 3.42. The third-order valence-electron chi connectivity index (χ3n) is 5.02. The summed E-state index contributed by atoms with van der Waals surface area (Å²) in [4.78, 5) is 24.6. The van der Waals surface area contributed by atoms with Crippen LogP contribution in [0.5, 0.6) is 5.75 Å². The molecule has 4 rings (SSSR count). The molecule has 1 aliphatic carbocycles. The van der Waals surface area contributed by atoms with Gasteiger partial charge in [0.2, 0.25) is 5.91 Å². The first-order chi connectivity index (χ1) is 14.8. The van der Waals surface area contributed by atoms with Gasteiger partial charge in [-0.25, -0.2) is 4.68 Å². The van der Waals surface area contributed by atoms with Crippen molar-refractivity contribution in [3.8, 4) is 11.4 Å². The maximum Gasteiger partial charge on any atom is 0.416 e. The minimum atomic E-state index is -4.51. The fourth-order valence-electron chi connectivity index (χ4n) is 3.42. The third-order valence-corrected chi connectivity index (χ3v) is 5.02. The summed E-state index contributed by atoms with van der Waals surface area (Å²) in [5, 5.41) is 14.0. The number of benzene rings is 2. The van der Waals surface area contributed by atoms with Crippen LogP contribution in [0.2, 0.25) is 0 Å². The molecule has 0 saturated heterocycles. The Kier molecular flexibility index (Phi) is 5.14. The molecule has 0 bridgehead atoms. The quantitative estimate of drug-likeness (QED) is 0.554. The number of amides is 2. The van der Waals surface area contributed by atoms with Gasteiger partial charge < -0.3 is 5.11 Å². The number of hydrogen-bond acceptors (Lipinski definition) is 4. The Balaban J connectivity index is 1.39. The number of carbonyl (C=O) groups is 2. The van der Waals surface area contributed by atoms with E-state index in [2.05, 4.69) is 16.0 Å². The zero-order valence-electron chi connectivity index (χ0n) is 15.9. The summed E-state index contributed by atoms with van der Waals surface area (Å²) in [5.41, 5.74) is 3.94. The van der Waals surface area contributed by atoms with Gasteiger partial charge in [0, 0.05) is 5.92 Å². The molecule has 3 aromatic rings. The van der Waals surface area contributed by atoms with Crippen molar-refractivity contribution in [2.75, 3.05) is 0 Å². The zero-order valence-corrected chi connectivity index (χ0v) is 15.9. The Morgan fingerprint density at radius 3 is 2.42 bits per heavy atom. The van der Waals surface area contributed by atoms with Gasteiger partial charge in [0.05, 0.1) is 17.4 Å². The van der Waals surface area contributed by atoms with Crippen LogP contribution in [0.4, 0.5) is 13.2 Å². The summed E-state index contributed by atoms with van der Waals surface area (Å²) in [5.74, 6) is -3.13. The molecule has 3 N–H and O–H groups in total. The number of nitrogens with one attached hydrogen (secondary N) is 2. The zero-order chi connectivity index (χ0) is 22.2. The van der Waals surface area contributed by atoms with E-state index < -0.39 is 35.4 Å². The molecule has 0 radical (unpaired) electrons. The van der Waals surface area contributed by atoms with Crippen molar-refractivity contribution < 1.29 is 27.9 Å². The van der Waals surface area contributed by atoms with E-state index >= 15 is 0 Å². The van der Waals surface area contributed by atoms with E-state index in [4.69, 9.17) is 0 Å². The first-order valence-electron chi connectivity index (χ1n) is 9.36. The SMILES string of the molecule is O=C(NNC(=O)C1CC1c1ccccc1C(F)(F)F)c1nn(-c2ccccc2)cc1O. The average molecular weight is 430 g/mol. The van der Waals surface area contributed by atoms with Crippen molar-refractivity contribution in [1.82, 2.24) is 20.6 Å². The summed E-state index contributed by atoms with van der Waals surface area (Å²) < 4.78 is 40.8. The molecule has 1 aromatic heterocycles. The molecule has 160 valence electrons. The molecule has 1 heterocycles. The standard InChI is InChI=1S/C21H17F3N4O3/c22-21(23,24)16-9-5-4-8-13(16)14-10-15(14)19(30)25-26-20(31)18-17(29)11-28(27-18)12-6-2-1-3-7-12/h1-9,11,14-15,29H,10H2,(H,25,30)(H,26,31). The largest absolute Gasteiger partial charge is 0.504 e. The molecular formula is C21H17F3N4O3. The number of hydrogen-bond donors (Lipinski definition) is 3. The number of hydrazine groups is 1. The van der Waals surface area contributed by atoms with Crippen molar-refractivity contribution in [1.29, 1.82) is 0 Å². The molecule has 1 saturated carbocycles. The molecule has 0 aliphatic heterocycles. The number of aromatic hydroxyl groups is 1. The molecule has 2 unspecified atom stereocenters. The van der Waals surface area contributed by atoms with Crippen LogP contribution in [0.25, 0.3) is 5.69 Å². The molecule has 7 nitrogen and oxygen atoms in total. The van der Waals surface area contributed by atoms with Gasteiger partial charge in [0.1, 0.15) is 0 Å². The number of aromatic nitrogens is 2. The van der Waals surface area contributed by atoms with E-state index in [1.54, 1.807) is 30.3 Å². The first kappa shape index (κ1) is 20.5. The van der Waals surface area contributed by atoms with Gasteiger partial charge in [-0.15, -0.1) is 0 Å². The number of alkyl halides is 3. The molecule has 10 heteroatoms. The monoisotopic (exact) mass is 430 g/mol. The lowest BCUT2D eigenvalue weighted by Gasteiger charge is -2.12. The van der Waals surface area contributed by atoms with E-state index in [0.717, 1.165) is 6.07 Å². The highest BCUT2D eigenvalue weighted by Crippen LogP contribution is 2.50. The lowest BCUT2D eigenvalue weighted by Crippen LogP contribution is -2.42. The minimum Gasteiger partial charge on any atom is -0.504 e. The van der Waals surface area contributed by atoms with E-state index in [1.165, 1.54) is 29.1 Å². The highest BCUT2D eigenvalue weighted by molar-refractivity contribution is 5.96. The minimum absolute atomic E-state index is 0.0562. The summed E-state index contributed by atoms with van der Waals surface area (Å²) >= 11 is 0. The number of carbonyl (C=O) groups excluding carboxylic acids is 2. The Morgan fingerprint density at radius 1 is 1.03 bits per heavy atom. The van der Waals surface area contributed by atoms with E-state index in [0.29, 0.717) is 5.69 Å². The Hall–Kier alpha value is -3.82. The second-order valence-electron chi connectivity index (χ2n) is 7.12. The van der Waals surface area contributed by atoms with E-state index in [9.17, 15) is 27.9 Å². The molecule has 2 amide bonds. The summed E-state index contributed by atoms with van der Waals surface area (Å²) in [6.45, 7) is 0. The van der Waals surface area contributed by atoms with Crippen molar-refractivity contribution in [3.05, 3.63) is 77.6 Å². The topological polar surface area (TPSA) is 96.3 Å². The summed E-state index contributed by atoms with van der Waals surface area (Å²) in [6.07, 6.45) is -3.02. The lowest BCUT2D eigenvalue weighted by atomic mass is 10.0. The van der Waals surface area contributed by atoms with Gasteiger partial charge >= 0.3 is 6.18 Å². The van der Waals surface area contributed by atoms with E-state index in [-0.39, 0.29) is 23.4 Å². The average Bonchev–Trinajstić information content (AvgIpc) is 3.46. The molecule has 0 spiro atoms. The van der Waals surface area contributed by atoms with Gasteiger partial charge in [0.25, 0.3) is 5.91 Å². The molecular weight excluding hydrogens is 413 g/mol. The van der Waals surface area contributed by atoms with Crippen molar-refractivity contribution in [3.63, 3.8) is 0 Å². The predicted molar refractivity (Wildman–Crippen MR) is 103 cm³/mol. The van der Waals surface area contributed by atoms with Crippen LogP contribution < -0.4 is 10.9 Å². The molecule has 2 aromatic carbocycles. The van der Waals surface area contributed by atoms with Crippen LogP contribution in [0.1, 0.15) is 34.0 Å². The van der Waals surface area contributed by atoms with Crippen molar-refractivity contribution in [2.24, 2.45) is 5.92 Å². The molecule has 31 heavy (non-hydrogen) atoms. The van der Waals surface area contributed by atoms with Crippen LogP contribution in [-0.2, 0) is 11.0 Å². The summed E-state index contributed by atoms with van der Waals surface area (Å²) in [6, 6.07) is 13.9. The van der Waals surface area contributed by atoms with Crippen LogP contribution >= 0.6 is 0 Å². The van der Waals surface area contributed by atoms with Crippen LogP contribution in [-0.4, -0.2) is 26.7 Å². The van der Waals surface area contributed by atoms with Gasteiger partial charge in [-0.05, 0) is 36.1 Å². The van der Waals surface area contributed by atoms with Gasteiger partial charge in [-0.2, -0.15) is 18.3 Å². The Labute approximate surface area is 174 Å². The van der Waals surface area contributed by atoms with Crippen molar-refractivity contribution >= 4 is 11.8 Å². The second kappa shape index (κ2) is 7.78. The van der Waals surface area contributed by atoms with Gasteiger partial charge in [0.15, 0.2) is 11.4 Å². The summed E-state index contributed by atoms with van der Waals surface area (Å²) in [7, 11) is 0. The third kappa shape index (κ3) is 4.23. The highest BCUT2D eigenvalue weighted by atomic mass is 19.4. The maximum absolute atomic E-state index is 13.2. The second-order valence-corrected chi connectivity index (χ2v) is 7.12. The van der Waals surface area contributed by atoms with Gasteiger partial charge in [-0.1, -0.05) is 36.4 Å². The number of nitrogens with zero attached hydrogens (tertiary/aromatic N) is 2. The Morgan fingerprint density at radius 2 is 1.71 bits per heavy atom. The van der Waals surface area contributed by atoms with Crippen LogP contribution in [0, 0.1) is 5.92 Å². The molecule has 1 aliphatic rings. The van der Waals surface area contributed by atoms with E-state index in [1.807, 2.05) is 0 Å². The number of para-hydroxylation sites is 1. The number of halogens is 3. The van der Waals surface area contributed by atoms with Gasteiger partial charge in [-0.3, -0.25) is 20.4 Å². The predicted octanol–water partition coefficient (Wildman–Crippen LogP) is 3.16. The lowest BCUT2D eigenvalue weighted by molar-refractivity contribution is -0.138. The first-order valence-corrected chi connectivity index (χ1v) is 9.36. The Bertz CT molecular complexity index is 1130. The normalized spacial score (nSPS) is 17.8. The van der Waals surface area contributed by atoms with Crippen LogP contribution in [0.15, 0.2) is 60.8 Å². The number of rotatable bonds is 4. The molecule has 1 fully saturated rings. The highest BCUT2D eigenvalue weighted by Gasteiger charge is 2.48. The fraction of sp³-hybridized carbons (Fsp3) is 0.190. The smallest absolute Gasteiger partial charge is 0.416 e.